The number of carbonyl (C=O) groups excluding carboxylic acids is 1. The number of hydrogen-bond acceptors (Lipinski definition) is 2. The molecule has 4 heteroatoms. The highest BCUT2D eigenvalue weighted by Gasteiger charge is 2.05. The Bertz CT molecular complexity index is 655. The number of aryl methyl sites for hydroxylation is 2. The molecule has 22 heavy (non-hydrogen) atoms. The molecule has 0 saturated heterocycles. The van der Waals surface area contributed by atoms with Crippen LogP contribution in [0.2, 0.25) is 5.02 Å². The fourth-order valence-corrected chi connectivity index (χ4v) is 2.44. The van der Waals surface area contributed by atoms with E-state index >= 15 is 0 Å². The van der Waals surface area contributed by atoms with E-state index in [9.17, 15) is 4.79 Å². The lowest BCUT2D eigenvalue weighted by molar-refractivity contribution is -0.116. The zero-order chi connectivity index (χ0) is 15.9. The van der Waals surface area contributed by atoms with Crippen molar-refractivity contribution in [3.05, 3.63) is 64.2 Å². The van der Waals surface area contributed by atoms with Crippen molar-refractivity contribution in [1.29, 1.82) is 0 Å². The van der Waals surface area contributed by atoms with E-state index in [0.717, 1.165) is 21.8 Å². The standard InChI is InChI=1S/C18H21ClN2O/c1-13-7-8-17(14(2)11-13)21-18(22)9-10-20-12-15-5-3-4-6-16(15)19/h3-8,11,20H,9-10,12H2,1-2H3,(H,21,22). The van der Waals surface area contributed by atoms with E-state index in [2.05, 4.69) is 16.7 Å². The quantitative estimate of drug-likeness (QED) is 0.789. The molecule has 0 aliphatic heterocycles. The third kappa shape index (κ3) is 4.86. The number of hydrogen-bond donors (Lipinski definition) is 2. The van der Waals surface area contributed by atoms with Gasteiger partial charge in [-0.25, -0.2) is 0 Å². The van der Waals surface area contributed by atoms with Crippen LogP contribution in [-0.2, 0) is 11.3 Å². The van der Waals surface area contributed by atoms with E-state index in [-0.39, 0.29) is 5.91 Å². The summed E-state index contributed by atoms with van der Waals surface area (Å²) in [6, 6.07) is 13.7. The van der Waals surface area contributed by atoms with Crippen LogP contribution in [0.3, 0.4) is 0 Å². The molecule has 116 valence electrons. The van der Waals surface area contributed by atoms with Crippen molar-refractivity contribution in [2.24, 2.45) is 0 Å². The van der Waals surface area contributed by atoms with Gasteiger partial charge in [-0.2, -0.15) is 0 Å². The van der Waals surface area contributed by atoms with Gasteiger partial charge in [0.05, 0.1) is 0 Å². The van der Waals surface area contributed by atoms with Crippen molar-refractivity contribution < 1.29 is 4.79 Å². The molecule has 2 rings (SSSR count). The minimum Gasteiger partial charge on any atom is -0.326 e. The van der Waals surface area contributed by atoms with Crippen molar-refractivity contribution in [3.8, 4) is 0 Å². The molecule has 0 fully saturated rings. The van der Waals surface area contributed by atoms with Crippen molar-refractivity contribution in [2.45, 2.75) is 26.8 Å². The smallest absolute Gasteiger partial charge is 0.225 e. The maximum Gasteiger partial charge on any atom is 0.225 e. The summed E-state index contributed by atoms with van der Waals surface area (Å²) in [4.78, 5) is 12.0. The molecule has 0 radical (unpaired) electrons. The van der Waals surface area contributed by atoms with E-state index in [1.807, 2.05) is 50.2 Å². The van der Waals surface area contributed by atoms with Crippen LogP contribution in [0.1, 0.15) is 23.1 Å². The highest BCUT2D eigenvalue weighted by molar-refractivity contribution is 6.31. The second-order valence-corrected chi connectivity index (χ2v) is 5.79. The maximum absolute atomic E-state index is 12.0. The van der Waals surface area contributed by atoms with E-state index in [0.29, 0.717) is 19.5 Å². The van der Waals surface area contributed by atoms with Crippen LogP contribution in [-0.4, -0.2) is 12.5 Å². The zero-order valence-corrected chi connectivity index (χ0v) is 13.7. The van der Waals surface area contributed by atoms with Gasteiger partial charge in [0, 0.05) is 30.2 Å². The van der Waals surface area contributed by atoms with Gasteiger partial charge >= 0.3 is 0 Å². The highest BCUT2D eigenvalue weighted by Crippen LogP contribution is 2.16. The van der Waals surface area contributed by atoms with Gasteiger partial charge in [-0.1, -0.05) is 47.5 Å². The molecule has 0 aromatic heterocycles. The summed E-state index contributed by atoms with van der Waals surface area (Å²) in [7, 11) is 0. The van der Waals surface area contributed by atoms with E-state index < -0.39 is 0 Å². The van der Waals surface area contributed by atoms with Crippen LogP contribution < -0.4 is 10.6 Å². The lowest BCUT2D eigenvalue weighted by Crippen LogP contribution is -2.21. The molecule has 2 N–H and O–H groups in total. The number of rotatable bonds is 6. The molecule has 0 saturated carbocycles. The predicted octanol–water partition coefficient (Wildman–Crippen LogP) is 4.08. The van der Waals surface area contributed by atoms with Gasteiger partial charge in [0.1, 0.15) is 0 Å². The van der Waals surface area contributed by atoms with Crippen LogP contribution in [0.4, 0.5) is 5.69 Å². The molecular formula is C18H21ClN2O. The van der Waals surface area contributed by atoms with Crippen molar-refractivity contribution >= 4 is 23.2 Å². The minimum absolute atomic E-state index is 0.0126. The third-order valence-electron chi connectivity index (χ3n) is 3.46. The van der Waals surface area contributed by atoms with Crippen LogP contribution >= 0.6 is 11.6 Å². The first kappa shape index (κ1) is 16.5. The fourth-order valence-electron chi connectivity index (χ4n) is 2.23. The fraction of sp³-hybridized carbons (Fsp3) is 0.278. The van der Waals surface area contributed by atoms with Gasteiger partial charge < -0.3 is 10.6 Å². The van der Waals surface area contributed by atoms with Gasteiger partial charge in [-0.05, 0) is 37.1 Å². The number of carbonyl (C=O) groups is 1. The molecule has 1 amide bonds. The zero-order valence-electron chi connectivity index (χ0n) is 12.9. The Morgan fingerprint density at radius 3 is 2.64 bits per heavy atom. The van der Waals surface area contributed by atoms with Crippen LogP contribution in [0.5, 0.6) is 0 Å². The lowest BCUT2D eigenvalue weighted by Gasteiger charge is -2.10. The van der Waals surface area contributed by atoms with E-state index in [4.69, 9.17) is 11.6 Å². The number of anilines is 1. The molecule has 0 atom stereocenters. The summed E-state index contributed by atoms with van der Waals surface area (Å²) < 4.78 is 0. The van der Waals surface area contributed by atoms with Crippen molar-refractivity contribution in [1.82, 2.24) is 5.32 Å². The Morgan fingerprint density at radius 2 is 1.91 bits per heavy atom. The summed E-state index contributed by atoms with van der Waals surface area (Å²) in [5.41, 5.74) is 4.19. The average Bonchev–Trinajstić information content (AvgIpc) is 2.48. The third-order valence-corrected chi connectivity index (χ3v) is 3.83. The van der Waals surface area contributed by atoms with Gasteiger partial charge in [0.2, 0.25) is 5.91 Å². The SMILES string of the molecule is Cc1ccc(NC(=O)CCNCc2ccccc2Cl)c(C)c1. The number of halogens is 1. The first-order valence-corrected chi connectivity index (χ1v) is 7.75. The largest absolute Gasteiger partial charge is 0.326 e. The molecular weight excluding hydrogens is 296 g/mol. The Hall–Kier alpha value is -1.84. The molecule has 0 aliphatic rings. The number of amides is 1. The molecule has 0 aliphatic carbocycles. The van der Waals surface area contributed by atoms with E-state index in [1.54, 1.807) is 0 Å². The van der Waals surface area contributed by atoms with Crippen LogP contribution in [0, 0.1) is 13.8 Å². The summed E-state index contributed by atoms with van der Waals surface area (Å²) in [5.74, 6) is 0.0126. The number of benzene rings is 2. The molecule has 0 bridgehead atoms. The molecule has 2 aromatic rings. The van der Waals surface area contributed by atoms with Crippen LogP contribution in [0.15, 0.2) is 42.5 Å². The Morgan fingerprint density at radius 1 is 1.14 bits per heavy atom. The normalized spacial score (nSPS) is 10.5. The second-order valence-electron chi connectivity index (χ2n) is 5.38. The highest BCUT2D eigenvalue weighted by atomic mass is 35.5. The van der Waals surface area contributed by atoms with Crippen LogP contribution in [0.25, 0.3) is 0 Å². The molecule has 2 aromatic carbocycles. The Balaban J connectivity index is 1.75. The van der Waals surface area contributed by atoms with Gasteiger partial charge in [-0.3, -0.25) is 4.79 Å². The van der Waals surface area contributed by atoms with Crippen molar-refractivity contribution in [2.75, 3.05) is 11.9 Å². The summed E-state index contributed by atoms with van der Waals surface area (Å²) >= 11 is 6.08. The lowest BCUT2D eigenvalue weighted by atomic mass is 10.1. The summed E-state index contributed by atoms with van der Waals surface area (Å²) in [6.45, 7) is 5.31. The Kier molecular flexibility index (Phi) is 5.99. The number of nitrogens with one attached hydrogen (secondary N) is 2. The molecule has 0 unspecified atom stereocenters. The average molecular weight is 317 g/mol. The topological polar surface area (TPSA) is 41.1 Å². The first-order valence-electron chi connectivity index (χ1n) is 7.37. The monoisotopic (exact) mass is 316 g/mol. The minimum atomic E-state index is 0.0126. The van der Waals surface area contributed by atoms with Gasteiger partial charge in [0.25, 0.3) is 0 Å². The summed E-state index contributed by atoms with van der Waals surface area (Å²) in [5, 5.41) is 6.93. The second kappa shape index (κ2) is 7.97. The molecule has 0 spiro atoms. The van der Waals surface area contributed by atoms with Gasteiger partial charge in [-0.15, -0.1) is 0 Å². The predicted molar refractivity (Wildman–Crippen MR) is 92.3 cm³/mol. The van der Waals surface area contributed by atoms with Crippen molar-refractivity contribution in [3.63, 3.8) is 0 Å². The molecule has 0 heterocycles. The molecule has 3 nitrogen and oxygen atoms in total. The first-order chi connectivity index (χ1) is 10.6. The summed E-state index contributed by atoms with van der Waals surface area (Å²) in [6.07, 6.45) is 0.428. The van der Waals surface area contributed by atoms with Gasteiger partial charge in [0.15, 0.2) is 0 Å². The maximum atomic E-state index is 12.0. The Labute approximate surface area is 136 Å². The van der Waals surface area contributed by atoms with E-state index in [1.165, 1.54) is 5.56 Å².